The number of aromatic nitrogens is 1. The molecule has 1 aliphatic heterocycles. The average molecular weight is 312 g/mol. The fourth-order valence-electron chi connectivity index (χ4n) is 2.26. The normalized spacial score (nSPS) is 22.1. The van der Waals surface area contributed by atoms with Gasteiger partial charge in [-0.05, 0) is 33.5 Å². The van der Waals surface area contributed by atoms with E-state index < -0.39 is 0 Å². The molecule has 3 nitrogen and oxygen atoms in total. The molecule has 0 aromatic carbocycles. The summed E-state index contributed by atoms with van der Waals surface area (Å²) in [6.07, 6.45) is 1.87. The first-order chi connectivity index (χ1) is 8.45. The lowest BCUT2D eigenvalue weighted by atomic mass is 9.85. The Bertz CT molecular complexity index is 383. The van der Waals surface area contributed by atoms with Crippen molar-refractivity contribution in [3.05, 3.63) is 28.5 Å². The van der Waals surface area contributed by atoms with Crippen LogP contribution in [-0.2, 0) is 6.54 Å². The molecule has 0 amide bonds. The third kappa shape index (κ3) is 3.77. The third-order valence-electron chi connectivity index (χ3n) is 3.48. The zero-order valence-electron chi connectivity index (χ0n) is 11.4. The van der Waals surface area contributed by atoms with Gasteiger partial charge < -0.3 is 5.32 Å². The minimum absolute atomic E-state index is 0.311. The smallest absolute Gasteiger partial charge is 0.0544 e. The standard InChI is InChI=1S/C14H22BrN3/c1-14(2,3)13-10-18(7-6-16-13)9-12-5-4-11(15)8-17-12/h4-5,8,13,16H,6-7,9-10H2,1-3H3. The lowest BCUT2D eigenvalue weighted by Crippen LogP contribution is -2.55. The van der Waals surface area contributed by atoms with Crippen molar-refractivity contribution in [2.75, 3.05) is 19.6 Å². The van der Waals surface area contributed by atoms with Gasteiger partial charge in [-0.15, -0.1) is 0 Å². The number of hydrogen-bond acceptors (Lipinski definition) is 3. The van der Waals surface area contributed by atoms with Crippen LogP contribution in [0.3, 0.4) is 0 Å². The maximum absolute atomic E-state index is 4.45. The van der Waals surface area contributed by atoms with Crippen LogP contribution in [0.5, 0.6) is 0 Å². The Morgan fingerprint density at radius 3 is 2.83 bits per heavy atom. The highest BCUT2D eigenvalue weighted by molar-refractivity contribution is 9.10. The molecule has 0 aliphatic carbocycles. The Morgan fingerprint density at radius 1 is 1.44 bits per heavy atom. The van der Waals surface area contributed by atoms with E-state index in [0.29, 0.717) is 11.5 Å². The number of pyridine rings is 1. The van der Waals surface area contributed by atoms with Crippen molar-refractivity contribution in [1.29, 1.82) is 0 Å². The van der Waals surface area contributed by atoms with Gasteiger partial charge in [-0.2, -0.15) is 0 Å². The first-order valence-electron chi connectivity index (χ1n) is 6.51. The van der Waals surface area contributed by atoms with Gasteiger partial charge in [-0.1, -0.05) is 20.8 Å². The second-order valence-corrected chi connectivity index (χ2v) is 6.99. The maximum Gasteiger partial charge on any atom is 0.0544 e. The molecule has 1 N–H and O–H groups in total. The average Bonchev–Trinajstić information content (AvgIpc) is 2.31. The van der Waals surface area contributed by atoms with Crippen LogP contribution in [-0.4, -0.2) is 35.6 Å². The summed E-state index contributed by atoms with van der Waals surface area (Å²) in [7, 11) is 0. The molecule has 2 heterocycles. The van der Waals surface area contributed by atoms with Crippen molar-refractivity contribution in [3.8, 4) is 0 Å². The van der Waals surface area contributed by atoms with Gasteiger partial charge in [0.25, 0.3) is 0 Å². The molecular weight excluding hydrogens is 290 g/mol. The fraction of sp³-hybridized carbons (Fsp3) is 0.643. The lowest BCUT2D eigenvalue weighted by Gasteiger charge is -2.40. The second-order valence-electron chi connectivity index (χ2n) is 6.08. The van der Waals surface area contributed by atoms with E-state index in [1.807, 2.05) is 6.20 Å². The summed E-state index contributed by atoms with van der Waals surface area (Å²) in [6.45, 7) is 11.1. The third-order valence-corrected chi connectivity index (χ3v) is 3.95. The molecule has 0 spiro atoms. The van der Waals surface area contributed by atoms with E-state index in [9.17, 15) is 0 Å². The van der Waals surface area contributed by atoms with E-state index in [0.717, 1.165) is 36.3 Å². The van der Waals surface area contributed by atoms with Gasteiger partial charge in [-0.3, -0.25) is 9.88 Å². The largest absolute Gasteiger partial charge is 0.311 e. The molecule has 1 unspecified atom stereocenters. The Kier molecular flexibility index (Phi) is 4.41. The van der Waals surface area contributed by atoms with Gasteiger partial charge in [0.05, 0.1) is 5.69 Å². The highest BCUT2D eigenvalue weighted by Crippen LogP contribution is 2.22. The van der Waals surface area contributed by atoms with E-state index in [2.05, 4.69) is 64.0 Å². The van der Waals surface area contributed by atoms with Crippen LogP contribution in [0, 0.1) is 5.41 Å². The van der Waals surface area contributed by atoms with Gasteiger partial charge >= 0.3 is 0 Å². The van der Waals surface area contributed by atoms with Crippen LogP contribution >= 0.6 is 15.9 Å². The minimum Gasteiger partial charge on any atom is -0.311 e. The number of nitrogens with one attached hydrogen (secondary N) is 1. The highest BCUT2D eigenvalue weighted by atomic mass is 79.9. The molecule has 2 rings (SSSR count). The summed E-state index contributed by atoms with van der Waals surface area (Å²) in [5, 5.41) is 3.61. The van der Waals surface area contributed by atoms with Crippen LogP contribution in [0.1, 0.15) is 26.5 Å². The van der Waals surface area contributed by atoms with Gasteiger partial charge in [0.1, 0.15) is 0 Å². The Labute approximate surface area is 118 Å². The van der Waals surface area contributed by atoms with Gasteiger partial charge in [-0.25, -0.2) is 0 Å². The Morgan fingerprint density at radius 2 is 2.22 bits per heavy atom. The molecule has 4 heteroatoms. The van der Waals surface area contributed by atoms with Crippen LogP contribution in [0.4, 0.5) is 0 Å². The summed E-state index contributed by atoms with van der Waals surface area (Å²) in [5.41, 5.74) is 1.46. The Hall–Kier alpha value is -0.450. The quantitative estimate of drug-likeness (QED) is 0.910. The monoisotopic (exact) mass is 311 g/mol. The van der Waals surface area contributed by atoms with E-state index in [4.69, 9.17) is 0 Å². The van der Waals surface area contributed by atoms with Crippen molar-refractivity contribution < 1.29 is 0 Å². The molecule has 1 saturated heterocycles. The van der Waals surface area contributed by atoms with Crippen LogP contribution in [0.25, 0.3) is 0 Å². The lowest BCUT2D eigenvalue weighted by molar-refractivity contribution is 0.128. The molecule has 100 valence electrons. The Balaban J connectivity index is 1.95. The summed E-state index contributed by atoms with van der Waals surface area (Å²) in [5.74, 6) is 0. The van der Waals surface area contributed by atoms with E-state index >= 15 is 0 Å². The highest BCUT2D eigenvalue weighted by Gasteiger charge is 2.29. The molecule has 18 heavy (non-hydrogen) atoms. The number of piperazine rings is 1. The number of halogens is 1. The molecule has 0 bridgehead atoms. The van der Waals surface area contributed by atoms with E-state index in [1.165, 1.54) is 0 Å². The molecule has 1 aliphatic rings. The summed E-state index contributed by atoms with van der Waals surface area (Å²) >= 11 is 3.42. The van der Waals surface area contributed by atoms with Gasteiger partial charge in [0, 0.05) is 42.9 Å². The van der Waals surface area contributed by atoms with Crippen LogP contribution in [0.15, 0.2) is 22.8 Å². The topological polar surface area (TPSA) is 28.2 Å². The second kappa shape index (κ2) is 5.68. The summed E-state index contributed by atoms with van der Waals surface area (Å²) in [6, 6.07) is 4.71. The maximum atomic E-state index is 4.45. The number of nitrogens with zero attached hydrogens (tertiary/aromatic N) is 2. The van der Waals surface area contributed by atoms with Crippen molar-refractivity contribution in [2.24, 2.45) is 5.41 Å². The van der Waals surface area contributed by atoms with Crippen LogP contribution < -0.4 is 5.32 Å². The van der Waals surface area contributed by atoms with Crippen molar-refractivity contribution in [2.45, 2.75) is 33.4 Å². The van der Waals surface area contributed by atoms with E-state index in [1.54, 1.807) is 0 Å². The van der Waals surface area contributed by atoms with E-state index in [-0.39, 0.29) is 0 Å². The van der Waals surface area contributed by atoms with Crippen molar-refractivity contribution in [1.82, 2.24) is 15.2 Å². The molecular formula is C14H22BrN3. The minimum atomic E-state index is 0.311. The first kappa shape index (κ1) is 14.0. The zero-order chi connectivity index (χ0) is 13.2. The number of hydrogen-bond donors (Lipinski definition) is 1. The SMILES string of the molecule is CC(C)(C)C1CN(Cc2ccc(Br)cn2)CCN1. The molecule has 1 aromatic rings. The van der Waals surface area contributed by atoms with Crippen molar-refractivity contribution in [3.63, 3.8) is 0 Å². The van der Waals surface area contributed by atoms with Gasteiger partial charge in [0.2, 0.25) is 0 Å². The summed E-state index contributed by atoms with van der Waals surface area (Å²) in [4.78, 5) is 6.94. The van der Waals surface area contributed by atoms with Gasteiger partial charge in [0.15, 0.2) is 0 Å². The predicted molar refractivity (Wildman–Crippen MR) is 78.5 cm³/mol. The van der Waals surface area contributed by atoms with Crippen LogP contribution in [0.2, 0.25) is 0 Å². The first-order valence-corrected chi connectivity index (χ1v) is 7.30. The molecule has 0 saturated carbocycles. The molecule has 1 atom stereocenters. The number of rotatable bonds is 2. The molecule has 0 radical (unpaired) electrons. The predicted octanol–water partition coefficient (Wildman–Crippen LogP) is 2.66. The van der Waals surface area contributed by atoms with Crippen molar-refractivity contribution >= 4 is 15.9 Å². The zero-order valence-corrected chi connectivity index (χ0v) is 13.0. The summed E-state index contributed by atoms with van der Waals surface area (Å²) < 4.78 is 1.04. The fourth-order valence-corrected chi connectivity index (χ4v) is 2.50. The molecule has 1 aromatic heterocycles. The molecule has 1 fully saturated rings.